The lowest BCUT2D eigenvalue weighted by atomic mass is 10.00. The van der Waals surface area contributed by atoms with Gasteiger partial charge in [-0.05, 0) is 49.1 Å². The molecule has 0 radical (unpaired) electrons. The number of carboxylic acid groups (broad SMARTS) is 1. The highest BCUT2D eigenvalue weighted by Crippen LogP contribution is 2.18. The van der Waals surface area contributed by atoms with Gasteiger partial charge < -0.3 is 10.2 Å². The van der Waals surface area contributed by atoms with Crippen molar-refractivity contribution in [2.45, 2.75) is 26.7 Å². The highest BCUT2D eigenvalue weighted by molar-refractivity contribution is 6.31. The number of aliphatic hydroxyl groups is 1. The van der Waals surface area contributed by atoms with Gasteiger partial charge in [-0.25, -0.2) is 4.79 Å². The molecule has 1 aromatic rings. The number of carbonyl (C=O) groups is 2. The summed E-state index contributed by atoms with van der Waals surface area (Å²) in [5.41, 5.74) is 1.75. The zero-order chi connectivity index (χ0) is 16.0. The molecule has 0 heterocycles. The van der Waals surface area contributed by atoms with Crippen LogP contribution in [0.2, 0.25) is 5.02 Å². The van der Waals surface area contributed by atoms with E-state index in [1.165, 1.54) is 0 Å². The Morgan fingerprint density at radius 3 is 2.38 bits per heavy atom. The van der Waals surface area contributed by atoms with Crippen LogP contribution in [-0.4, -0.2) is 22.0 Å². The third-order valence-electron chi connectivity index (χ3n) is 3.16. The molecule has 0 aliphatic carbocycles. The van der Waals surface area contributed by atoms with E-state index in [0.29, 0.717) is 22.6 Å². The molecule has 0 bridgehead atoms. The molecule has 0 saturated heterocycles. The first-order valence-corrected chi connectivity index (χ1v) is 6.78. The minimum Gasteiger partial charge on any atom is -0.502 e. The van der Waals surface area contributed by atoms with Crippen molar-refractivity contribution in [3.05, 3.63) is 57.8 Å². The summed E-state index contributed by atoms with van der Waals surface area (Å²) in [5.74, 6) is -2.32. The Balaban J connectivity index is 2.77. The zero-order valence-corrected chi connectivity index (χ0v) is 12.6. The van der Waals surface area contributed by atoms with Crippen molar-refractivity contribution in [1.82, 2.24) is 0 Å². The van der Waals surface area contributed by atoms with Crippen LogP contribution in [0.5, 0.6) is 0 Å². The first kappa shape index (κ1) is 17.0. The van der Waals surface area contributed by atoms with Crippen LogP contribution in [0, 0.1) is 0 Å². The minimum atomic E-state index is -1.43. The molecule has 5 heteroatoms. The zero-order valence-electron chi connectivity index (χ0n) is 11.9. The lowest BCUT2D eigenvalue weighted by Crippen LogP contribution is -2.05. The molecule has 0 saturated carbocycles. The monoisotopic (exact) mass is 308 g/mol. The molecule has 21 heavy (non-hydrogen) atoms. The van der Waals surface area contributed by atoms with Crippen LogP contribution in [-0.2, 0) is 16.0 Å². The van der Waals surface area contributed by atoms with Crippen LogP contribution in [0.3, 0.4) is 0 Å². The second kappa shape index (κ2) is 7.64. The number of benzene rings is 1. The van der Waals surface area contributed by atoms with E-state index < -0.39 is 11.7 Å². The molecule has 0 atom stereocenters. The number of carboxylic acids is 1. The average molecular weight is 309 g/mol. The van der Waals surface area contributed by atoms with Gasteiger partial charge in [0.15, 0.2) is 5.78 Å². The van der Waals surface area contributed by atoms with Crippen LogP contribution < -0.4 is 0 Å². The quantitative estimate of drug-likeness (QED) is 0.477. The molecular weight excluding hydrogens is 292 g/mol. The normalized spacial score (nSPS) is 12.8. The summed E-state index contributed by atoms with van der Waals surface area (Å²) in [7, 11) is 0. The number of allylic oxidation sites excluding steroid dienone is 3. The number of rotatable bonds is 6. The maximum absolute atomic E-state index is 12.1. The van der Waals surface area contributed by atoms with E-state index in [4.69, 9.17) is 16.7 Å². The van der Waals surface area contributed by atoms with Gasteiger partial charge in [0, 0.05) is 11.4 Å². The number of hydrogen-bond acceptors (Lipinski definition) is 3. The van der Waals surface area contributed by atoms with Crippen molar-refractivity contribution >= 4 is 23.4 Å². The van der Waals surface area contributed by atoms with Gasteiger partial charge in [0.2, 0.25) is 5.76 Å². The molecule has 0 unspecified atom stereocenters. The fraction of sp³-hybridized carbons (Fsp3) is 0.250. The van der Waals surface area contributed by atoms with Crippen molar-refractivity contribution in [3.63, 3.8) is 0 Å². The van der Waals surface area contributed by atoms with Crippen LogP contribution in [0.4, 0.5) is 0 Å². The number of ketones is 1. The SMILES string of the molecule is CC(/C=C(/O)C(=O)O)=C(\C)C(=O)CCc1ccccc1Cl. The van der Waals surface area contributed by atoms with E-state index in [9.17, 15) is 14.7 Å². The van der Waals surface area contributed by atoms with Crippen molar-refractivity contribution < 1.29 is 19.8 Å². The lowest BCUT2D eigenvalue weighted by Gasteiger charge is -2.06. The number of aliphatic carboxylic acids is 1. The van der Waals surface area contributed by atoms with Crippen molar-refractivity contribution in [3.8, 4) is 0 Å². The lowest BCUT2D eigenvalue weighted by molar-refractivity contribution is -0.135. The Bertz CT molecular complexity index is 614. The number of halogens is 1. The summed E-state index contributed by atoms with van der Waals surface area (Å²) in [4.78, 5) is 22.6. The van der Waals surface area contributed by atoms with Gasteiger partial charge in [0.25, 0.3) is 0 Å². The van der Waals surface area contributed by atoms with E-state index in [0.717, 1.165) is 11.6 Å². The second-order valence-electron chi connectivity index (χ2n) is 4.66. The summed E-state index contributed by atoms with van der Waals surface area (Å²) in [5, 5.41) is 18.4. The van der Waals surface area contributed by atoms with Crippen LogP contribution in [0.1, 0.15) is 25.8 Å². The van der Waals surface area contributed by atoms with Gasteiger partial charge in [-0.15, -0.1) is 0 Å². The fourth-order valence-corrected chi connectivity index (χ4v) is 1.96. The number of hydrogen-bond donors (Lipinski definition) is 2. The molecule has 112 valence electrons. The summed E-state index contributed by atoms with van der Waals surface area (Å²) in [6.45, 7) is 3.19. The molecule has 1 aromatic carbocycles. The minimum absolute atomic E-state index is 0.109. The summed E-state index contributed by atoms with van der Waals surface area (Å²) in [6.07, 6.45) is 1.86. The second-order valence-corrected chi connectivity index (χ2v) is 5.06. The van der Waals surface area contributed by atoms with E-state index in [1.807, 2.05) is 18.2 Å². The molecular formula is C16H17ClO4. The number of aliphatic hydroxyl groups excluding tert-OH is 1. The topological polar surface area (TPSA) is 74.6 Å². The fourth-order valence-electron chi connectivity index (χ4n) is 1.73. The Labute approximate surface area is 128 Å². The van der Waals surface area contributed by atoms with Crippen molar-refractivity contribution in [2.24, 2.45) is 0 Å². The van der Waals surface area contributed by atoms with E-state index in [2.05, 4.69) is 0 Å². The van der Waals surface area contributed by atoms with Gasteiger partial charge in [-0.3, -0.25) is 4.79 Å². The largest absolute Gasteiger partial charge is 0.502 e. The van der Waals surface area contributed by atoms with Crippen LogP contribution in [0.25, 0.3) is 0 Å². The summed E-state index contributed by atoms with van der Waals surface area (Å²) < 4.78 is 0. The highest BCUT2D eigenvalue weighted by Gasteiger charge is 2.11. The van der Waals surface area contributed by atoms with Gasteiger partial charge in [0.1, 0.15) is 0 Å². The molecule has 0 aromatic heterocycles. The van der Waals surface area contributed by atoms with E-state index >= 15 is 0 Å². The summed E-state index contributed by atoms with van der Waals surface area (Å²) >= 11 is 6.02. The first-order chi connectivity index (χ1) is 9.82. The highest BCUT2D eigenvalue weighted by atomic mass is 35.5. The van der Waals surface area contributed by atoms with Crippen LogP contribution >= 0.6 is 11.6 Å². The molecule has 4 nitrogen and oxygen atoms in total. The molecule has 0 aliphatic heterocycles. The maximum Gasteiger partial charge on any atom is 0.370 e. The third-order valence-corrected chi connectivity index (χ3v) is 3.53. The van der Waals surface area contributed by atoms with Gasteiger partial charge in [-0.2, -0.15) is 0 Å². The third kappa shape index (κ3) is 5.08. The maximum atomic E-state index is 12.1. The van der Waals surface area contributed by atoms with Crippen molar-refractivity contribution in [1.29, 1.82) is 0 Å². The van der Waals surface area contributed by atoms with Crippen molar-refractivity contribution in [2.75, 3.05) is 0 Å². The van der Waals surface area contributed by atoms with Gasteiger partial charge in [-0.1, -0.05) is 29.8 Å². The van der Waals surface area contributed by atoms with Gasteiger partial charge in [0.05, 0.1) is 0 Å². The Morgan fingerprint density at radius 1 is 1.19 bits per heavy atom. The molecule has 0 amide bonds. The molecule has 0 fully saturated rings. The summed E-state index contributed by atoms with van der Waals surface area (Å²) in [6, 6.07) is 7.30. The predicted molar refractivity (Wildman–Crippen MR) is 81.5 cm³/mol. The number of aryl methyl sites for hydroxylation is 1. The molecule has 0 aliphatic rings. The smallest absolute Gasteiger partial charge is 0.370 e. The average Bonchev–Trinajstić information content (AvgIpc) is 2.44. The number of carbonyl (C=O) groups excluding carboxylic acids is 1. The van der Waals surface area contributed by atoms with Crippen LogP contribution in [0.15, 0.2) is 47.2 Å². The number of Topliss-reactive ketones (excluding diaryl/α,β-unsaturated/α-hetero) is 1. The van der Waals surface area contributed by atoms with E-state index in [-0.39, 0.29) is 12.2 Å². The molecule has 1 rings (SSSR count). The molecule has 2 N–H and O–H groups in total. The predicted octanol–water partition coefficient (Wildman–Crippen LogP) is 3.70. The van der Waals surface area contributed by atoms with Gasteiger partial charge >= 0.3 is 5.97 Å². The molecule has 0 spiro atoms. The Hall–Kier alpha value is -2.07. The Morgan fingerprint density at radius 2 is 1.81 bits per heavy atom. The van der Waals surface area contributed by atoms with E-state index in [1.54, 1.807) is 19.9 Å². The standard InChI is InChI=1S/C16H17ClO4/c1-10(9-15(19)16(20)21)11(2)14(18)8-7-12-5-3-4-6-13(12)17/h3-6,9,19H,7-8H2,1-2H3,(H,20,21)/b11-10-,15-9+. The Kier molecular flexibility index (Phi) is 6.18. The first-order valence-electron chi connectivity index (χ1n) is 6.41.